The maximum atomic E-state index is 13.3. The molecule has 2 aromatic rings. The normalized spacial score (nSPS) is 11.8. The first kappa shape index (κ1) is 17.4. The fourth-order valence-corrected chi connectivity index (χ4v) is 2.56. The molecule has 1 heterocycles. The third kappa shape index (κ3) is 3.87. The van der Waals surface area contributed by atoms with E-state index in [0.717, 1.165) is 15.8 Å². The summed E-state index contributed by atoms with van der Waals surface area (Å²) in [6, 6.07) is 6.38. The maximum absolute atomic E-state index is 13.3. The zero-order valence-corrected chi connectivity index (χ0v) is 13.6. The van der Waals surface area contributed by atoms with E-state index in [9.17, 15) is 18.0 Å². The van der Waals surface area contributed by atoms with E-state index >= 15 is 0 Å². The Morgan fingerprint density at radius 1 is 1.35 bits per heavy atom. The Kier molecular flexibility index (Phi) is 5.03. The SMILES string of the molecule is CSc1cccc(NC(=O)c2cnn(C(C)C)c2C(F)(F)F)c1. The summed E-state index contributed by atoms with van der Waals surface area (Å²) in [7, 11) is 0. The predicted molar refractivity (Wildman–Crippen MR) is 83.8 cm³/mol. The van der Waals surface area contributed by atoms with Gasteiger partial charge in [-0.15, -0.1) is 11.8 Å². The summed E-state index contributed by atoms with van der Waals surface area (Å²) in [5.41, 5.74) is -1.08. The molecule has 1 aromatic heterocycles. The van der Waals surface area contributed by atoms with Gasteiger partial charge in [-0.05, 0) is 38.3 Å². The lowest BCUT2D eigenvalue weighted by atomic mass is 10.2. The number of benzene rings is 1. The summed E-state index contributed by atoms with van der Waals surface area (Å²) >= 11 is 1.47. The standard InChI is InChI=1S/C15H16F3N3OS/c1-9(2)21-13(15(16,17)18)12(8-19-21)14(22)20-10-5-4-6-11(7-10)23-3/h4-9H,1-3H3,(H,20,22). The Bertz CT molecular complexity index is 710. The molecule has 0 aliphatic carbocycles. The van der Waals surface area contributed by atoms with E-state index in [2.05, 4.69) is 10.4 Å². The number of halogens is 3. The fourth-order valence-electron chi connectivity index (χ4n) is 2.10. The number of alkyl halides is 3. The maximum Gasteiger partial charge on any atom is 0.433 e. The van der Waals surface area contributed by atoms with Gasteiger partial charge in [0.2, 0.25) is 0 Å². The van der Waals surface area contributed by atoms with Crippen LogP contribution in [0.25, 0.3) is 0 Å². The summed E-state index contributed by atoms with van der Waals surface area (Å²) in [5.74, 6) is -0.831. The molecule has 0 fully saturated rings. The van der Waals surface area contributed by atoms with Gasteiger partial charge in [-0.25, -0.2) is 0 Å². The molecular formula is C15H16F3N3OS. The van der Waals surface area contributed by atoms with E-state index in [1.54, 1.807) is 32.0 Å². The topological polar surface area (TPSA) is 46.9 Å². The molecule has 0 bridgehead atoms. The number of nitrogens with one attached hydrogen (secondary N) is 1. The number of anilines is 1. The summed E-state index contributed by atoms with van der Waals surface area (Å²) in [6.07, 6.45) is -1.83. The average Bonchev–Trinajstić information content (AvgIpc) is 2.92. The first-order valence-electron chi connectivity index (χ1n) is 6.84. The summed E-state index contributed by atoms with van der Waals surface area (Å²) < 4.78 is 40.6. The zero-order valence-electron chi connectivity index (χ0n) is 12.8. The van der Waals surface area contributed by atoms with Gasteiger partial charge in [-0.2, -0.15) is 18.3 Å². The fraction of sp³-hybridized carbons (Fsp3) is 0.333. The molecule has 1 N–H and O–H groups in total. The Morgan fingerprint density at radius 2 is 2.04 bits per heavy atom. The van der Waals surface area contributed by atoms with Crippen LogP contribution in [0, 0.1) is 0 Å². The third-order valence-corrected chi connectivity index (χ3v) is 3.85. The van der Waals surface area contributed by atoms with E-state index in [4.69, 9.17) is 0 Å². The lowest BCUT2D eigenvalue weighted by molar-refractivity contribution is -0.145. The molecule has 0 aliphatic rings. The number of hydrogen-bond donors (Lipinski definition) is 1. The molecule has 1 amide bonds. The molecule has 0 spiro atoms. The smallest absolute Gasteiger partial charge is 0.322 e. The van der Waals surface area contributed by atoms with E-state index in [1.807, 2.05) is 12.3 Å². The monoisotopic (exact) mass is 343 g/mol. The highest BCUT2D eigenvalue weighted by Gasteiger charge is 2.40. The highest BCUT2D eigenvalue weighted by atomic mass is 32.2. The number of amides is 1. The van der Waals surface area contributed by atoms with Crippen LogP contribution >= 0.6 is 11.8 Å². The van der Waals surface area contributed by atoms with Crippen molar-refractivity contribution in [3.8, 4) is 0 Å². The van der Waals surface area contributed by atoms with Crippen LogP contribution in [0.4, 0.5) is 18.9 Å². The van der Waals surface area contributed by atoms with Crippen molar-refractivity contribution in [2.45, 2.75) is 31.0 Å². The van der Waals surface area contributed by atoms with Gasteiger partial charge in [0.05, 0.1) is 11.8 Å². The average molecular weight is 343 g/mol. The van der Waals surface area contributed by atoms with Gasteiger partial charge in [0, 0.05) is 16.6 Å². The molecule has 1 aromatic carbocycles. The van der Waals surface area contributed by atoms with Crippen molar-refractivity contribution in [3.05, 3.63) is 41.7 Å². The minimum atomic E-state index is -4.66. The van der Waals surface area contributed by atoms with Crippen LogP contribution in [0.2, 0.25) is 0 Å². The molecule has 4 nitrogen and oxygen atoms in total. The van der Waals surface area contributed by atoms with Crippen molar-refractivity contribution in [2.24, 2.45) is 0 Å². The summed E-state index contributed by atoms with van der Waals surface area (Å²) in [6.45, 7) is 3.15. The van der Waals surface area contributed by atoms with Gasteiger partial charge in [0.15, 0.2) is 5.69 Å². The number of aromatic nitrogens is 2. The minimum Gasteiger partial charge on any atom is -0.322 e. The van der Waals surface area contributed by atoms with E-state index in [-0.39, 0.29) is 0 Å². The van der Waals surface area contributed by atoms with Crippen molar-refractivity contribution >= 4 is 23.4 Å². The highest BCUT2D eigenvalue weighted by Crippen LogP contribution is 2.34. The summed E-state index contributed by atoms with van der Waals surface area (Å²) in [4.78, 5) is 13.1. The van der Waals surface area contributed by atoms with Crippen LogP contribution in [-0.4, -0.2) is 21.9 Å². The van der Waals surface area contributed by atoms with Gasteiger partial charge in [-0.3, -0.25) is 9.48 Å². The molecule has 124 valence electrons. The van der Waals surface area contributed by atoms with Crippen molar-refractivity contribution in [1.29, 1.82) is 0 Å². The van der Waals surface area contributed by atoms with Crippen LogP contribution in [0.15, 0.2) is 35.4 Å². The quantitative estimate of drug-likeness (QED) is 0.834. The van der Waals surface area contributed by atoms with Gasteiger partial charge in [0.25, 0.3) is 5.91 Å². The van der Waals surface area contributed by atoms with Gasteiger partial charge in [0.1, 0.15) is 0 Å². The van der Waals surface area contributed by atoms with Gasteiger partial charge < -0.3 is 5.32 Å². The predicted octanol–water partition coefficient (Wildman–Crippen LogP) is 4.46. The Hall–Kier alpha value is -1.96. The number of nitrogens with zero attached hydrogens (tertiary/aromatic N) is 2. The van der Waals surface area contributed by atoms with Crippen LogP contribution in [0.3, 0.4) is 0 Å². The molecule has 0 unspecified atom stereocenters. The molecule has 23 heavy (non-hydrogen) atoms. The molecule has 8 heteroatoms. The van der Waals surface area contributed by atoms with Crippen LogP contribution < -0.4 is 5.32 Å². The van der Waals surface area contributed by atoms with Crippen molar-refractivity contribution in [1.82, 2.24) is 9.78 Å². The number of thioether (sulfide) groups is 1. The molecule has 2 rings (SSSR count). The van der Waals surface area contributed by atoms with Gasteiger partial charge in [-0.1, -0.05) is 6.07 Å². The number of carbonyl (C=O) groups is 1. The largest absolute Gasteiger partial charge is 0.433 e. The van der Waals surface area contributed by atoms with Crippen molar-refractivity contribution < 1.29 is 18.0 Å². The lowest BCUT2D eigenvalue weighted by Crippen LogP contribution is -2.22. The molecule has 0 saturated carbocycles. The van der Waals surface area contributed by atoms with Crippen LogP contribution in [0.5, 0.6) is 0 Å². The second kappa shape index (κ2) is 6.66. The Balaban J connectivity index is 2.36. The second-order valence-electron chi connectivity index (χ2n) is 5.13. The van der Waals surface area contributed by atoms with Crippen LogP contribution in [0.1, 0.15) is 35.9 Å². The number of rotatable bonds is 4. The van der Waals surface area contributed by atoms with E-state index in [1.165, 1.54) is 11.8 Å². The Labute approximate surface area is 136 Å². The van der Waals surface area contributed by atoms with E-state index < -0.39 is 29.4 Å². The summed E-state index contributed by atoms with van der Waals surface area (Å²) in [5, 5.41) is 6.20. The lowest BCUT2D eigenvalue weighted by Gasteiger charge is -2.15. The Morgan fingerprint density at radius 3 is 2.61 bits per heavy atom. The van der Waals surface area contributed by atoms with Crippen molar-refractivity contribution in [3.63, 3.8) is 0 Å². The molecule has 0 aliphatic heterocycles. The molecule has 0 atom stereocenters. The molecule has 0 radical (unpaired) electrons. The first-order chi connectivity index (χ1) is 10.7. The number of hydrogen-bond acceptors (Lipinski definition) is 3. The molecule has 0 saturated heterocycles. The first-order valence-corrected chi connectivity index (χ1v) is 8.06. The number of carbonyl (C=O) groups excluding carboxylic acids is 1. The van der Waals surface area contributed by atoms with Gasteiger partial charge >= 0.3 is 6.18 Å². The molecular weight excluding hydrogens is 327 g/mol. The van der Waals surface area contributed by atoms with E-state index in [0.29, 0.717) is 5.69 Å². The minimum absolute atomic E-state index is 0.437. The third-order valence-electron chi connectivity index (χ3n) is 3.13. The van der Waals surface area contributed by atoms with Crippen LogP contribution in [-0.2, 0) is 6.18 Å². The van der Waals surface area contributed by atoms with Crippen molar-refractivity contribution in [2.75, 3.05) is 11.6 Å². The zero-order chi connectivity index (χ0) is 17.2. The highest BCUT2D eigenvalue weighted by molar-refractivity contribution is 7.98. The second-order valence-corrected chi connectivity index (χ2v) is 6.01.